The zero-order chi connectivity index (χ0) is 19.0. The molecule has 0 aliphatic heterocycles. The Balaban J connectivity index is 2.14. The van der Waals surface area contributed by atoms with Crippen LogP contribution in [0.4, 0.5) is 0 Å². The zero-order valence-corrected chi connectivity index (χ0v) is 16.5. The van der Waals surface area contributed by atoms with Gasteiger partial charge < -0.3 is 10.2 Å². The first-order valence-corrected chi connectivity index (χ1v) is 11.0. The second-order valence-corrected chi connectivity index (χ2v) is 8.68. The number of unbranched alkanes of at least 4 members (excludes halogenated alkanes) is 5. The van der Waals surface area contributed by atoms with Crippen molar-refractivity contribution in [3.8, 4) is 0 Å². The van der Waals surface area contributed by atoms with Gasteiger partial charge in [0.2, 0.25) is 0 Å². The van der Waals surface area contributed by atoms with Gasteiger partial charge >= 0.3 is 11.9 Å². The molecule has 0 saturated heterocycles. The molecule has 0 aromatic rings. The van der Waals surface area contributed by atoms with Gasteiger partial charge in [0.25, 0.3) is 0 Å². The first-order valence-electron chi connectivity index (χ1n) is 11.0. The Hall–Kier alpha value is -1.06. The van der Waals surface area contributed by atoms with Crippen LogP contribution in [0.25, 0.3) is 0 Å². The first kappa shape index (κ1) is 21.2. The minimum atomic E-state index is -0.800. The van der Waals surface area contributed by atoms with Crippen molar-refractivity contribution in [2.45, 2.75) is 103 Å². The van der Waals surface area contributed by atoms with Gasteiger partial charge in [-0.2, -0.15) is 0 Å². The van der Waals surface area contributed by atoms with Crippen molar-refractivity contribution < 1.29 is 19.8 Å². The zero-order valence-electron chi connectivity index (χ0n) is 16.5. The van der Waals surface area contributed by atoms with Crippen molar-refractivity contribution in [1.29, 1.82) is 0 Å². The highest BCUT2D eigenvalue weighted by Gasteiger charge is 2.56. The van der Waals surface area contributed by atoms with Gasteiger partial charge in [0.05, 0.1) is 11.3 Å². The molecule has 0 amide bonds. The molecule has 3 unspecified atom stereocenters. The van der Waals surface area contributed by atoms with E-state index in [4.69, 9.17) is 0 Å². The monoisotopic (exact) mass is 366 g/mol. The van der Waals surface area contributed by atoms with Crippen LogP contribution >= 0.6 is 0 Å². The first-order chi connectivity index (χ1) is 12.5. The summed E-state index contributed by atoms with van der Waals surface area (Å²) in [6.07, 6.45) is 15.1. The van der Waals surface area contributed by atoms with E-state index < -0.39 is 23.3 Å². The number of rotatable bonds is 10. The quantitative estimate of drug-likeness (QED) is 0.473. The molecule has 2 fully saturated rings. The number of carboxylic acids is 2. The molecule has 26 heavy (non-hydrogen) atoms. The van der Waals surface area contributed by atoms with Gasteiger partial charge in [0.1, 0.15) is 0 Å². The van der Waals surface area contributed by atoms with E-state index in [1.807, 2.05) is 0 Å². The van der Waals surface area contributed by atoms with E-state index in [0.717, 1.165) is 51.4 Å². The molecule has 2 saturated carbocycles. The summed E-state index contributed by atoms with van der Waals surface area (Å²) in [5.41, 5.74) is -0.800. The van der Waals surface area contributed by atoms with Crippen molar-refractivity contribution in [3.63, 3.8) is 0 Å². The van der Waals surface area contributed by atoms with Gasteiger partial charge in [-0.15, -0.1) is 0 Å². The average molecular weight is 367 g/mol. The summed E-state index contributed by atoms with van der Waals surface area (Å²) in [5, 5.41) is 20.1. The van der Waals surface area contributed by atoms with E-state index in [-0.39, 0.29) is 11.8 Å². The third-order valence-corrected chi connectivity index (χ3v) is 7.17. The lowest BCUT2D eigenvalue weighted by Gasteiger charge is -2.50. The van der Waals surface area contributed by atoms with Crippen molar-refractivity contribution in [3.05, 3.63) is 0 Å². The van der Waals surface area contributed by atoms with E-state index in [0.29, 0.717) is 12.8 Å². The second kappa shape index (κ2) is 10.3. The molecule has 2 rings (SSSR count). The van der Waals surface area contributed by atoms with Crippen LogP contribution in [0, 0.1) is 23.2 Å². The normalized spacial score (nSPS) is 30.2. The summed E-state index contributed by atoms with van der Waals surface area (Å²) < 4.78 is 0. The number of carbonyl (C=O) groups is 2. The van der Waals surface area contributed by atoms with Crippen molar-refractivity contribution in [2.24, 2.45) is 23.2 Å². The SMILES string of the molecule is CCCCCCCCC1C(C(=O)O)CCCC1(C(=O)O)C1CCCCC1. The number of carboxylic acid groups (broad SMARTS) is 2. The van der Waals surface area contributed by atoms with Gasteiger partial charge in [0, 0.05) is 0 Å². The van der Waals surface area contributed by atoms with Crippen LogP contribution in [-0.2, 0) is 9.59 Å². The molecule has 0 aromatic heterocycles. The molecule has 4 heteroatoms. The van der Waals surface area contributed by atoms with Crippen LogP contribution in [-0.4, -0.2) is 22.2 Å². The third kappa shape index (κ3) is 4.80. The Bertz CT molecular complexity index is 455. The molecule has 150 valence electrons. The predicted octanol–water partition coefficient (Wildman–Crippen LogP) is 5.89. The van der Waals surface area contributed by atoms with Gasteiger partial charge in [-0.1, -0.05) is 71.1 Å². The largest absolute Gasteiger partial charge is 0.481 e. The lowest BCUT2D eigenvalue weighted by Crippen LogP contribution is -2.52. The van der Waals surface area contributed by atoms with Crippen LogP contribution in [0.5, 0.6) is 0 Å². The van der Waals surface area contributed by atoms with Gasteiger partial charge in [-0.3, -0.25) is 9.59 Å². The molecule has 0 bridgehead atoms. The second-order valence-electron chi connectivity index (χ2n) is 8.68. The highest BCUT2D eigenvalue weighted by atomic mass is 16.4. The number of hydrogen-bond acceptors (Lipinski definition) is 2. The Morgan fingerprint density at radius 1 is 0.885 bits per heavy atom. The minimum absolute atomic E-state index is 0.168. The summed E-state index contributed by atoms with van der Waals surface area (Å²) >= 11 is 0. The molecule has 0 heterocycles. The van der Waals surface area contributed by atoms with E-state index in [1.165, 1.54) is 32.1 Å². The molecule has 3 atom stereocenters. The van der Waals surface area contributed by atoms with E-state index in [9.17, 15) is 19.8 Å². The van der Waals surface area contributed by atoms with Crippen LogP contribution < -0.4 is 0 Å². The van der Waals surface area contributed by atoms with E-state index in [1.54, 1.807) is 0 Å². The smallest absolute Gasteiger partial charge is 0.310 e. The minimum Gasteiger partial charge on any atom is -0.481 e. The maximum Gasteiger partial charge on any atom is 0.310 e. The van der Waals surface area contributed by atoms with Crippen molar-refractivity contribution >= 4 is 11.9 Å². The molecule has 0 spiro atoms. The summed E-state index contributed by atoms with van der Waals surface area (Å²) in [6.45, 7) is 2.20. The van der Waals surface area contributed by atoms with Crippen LogP contribution in [0.1, 0.15) is 103 Å². The Kier molecular flexibility index (Phi) is 8.43. The van der Waals surface area contributed by atoms with Gasteiger partial charge in [-0.05, 0) is 43.9 Å². The molecule has 2 N–H and O–H groups in total. The molecular formula is C22H38O4. The van der Waals surface area contributed by atoms with Gasteiger partial charge in [-0.25, -0.2) is 0 Å². The fourth-order valence-electron chi connectivity index (χ4n) is 5.82. The van der Waals surface area contributed by atoms with Crippen LogP contribution in [0.3, 0.4) is 0 Å². The summed E-state index contributed by atoms with van der Waals surface area (Å²) in [7, 11) is 0. The topological polar surface area (TPSA) is 74.6 Å². The molecule has 2 aliphatic carbocycles. The fourth-order valence-corrected chi connectivity index (χ4v) is 5.82. The Morgan fingerprint density at radius 2 is 1.54 bits per heavy atom. The van der Waals surface area contributed by atoms with Crippen molar-refractivity contribution in [2.75, 3.05) is 0 Å². The van der Waals surface area contributed by atoms with Crippen molar-refractivity contribution in [1.82, 2.24) is 0 Å². The highest BCUT2D eigenvalue weighted by Crippen LogP contribution is 2.55. The van der Waals surface area contributed by atoms with Crippen LogP contribution in [0.2, 0.25) is 0 Å². The summed E-state index contributed by atoms with van der Waals surface area (Å²) in [6, 6.07) is 0. The number of aliphatic carboxylic acids is 2. The molecule has 0 radical (unpaired) electrons. The summed E-state index contributed by atoms with van der Waals surface area (Å²) in [4.78, 5) is 24.5. The third-order valence-electron chi connectivity index (χ3n) is 7.17. The average Bonchev–Trinajstić information content (AvgIpc) is 2.64. The number of hydrogen-bond donors (Lipinski definition) is 2. The lowest BCUT2D eigenvalue weighted by molar-refractivity contribution is -0.171. The maximum atomic E-state index is 12.5. The Morgan fingerprint density at radius 3 is 2.15 bits per heavy atom. The maximum absolute atomic E-state index is 12.5. The van der Waals surface area contributed by atoms with Gasteiger partial charge in [0.15, 0.2) is 0 Å². The standard InChI is InChI=1S/C22H38O4/c1-2-3-4-5-6-10-15-19-18(20(23)24)14-11-16-22(19,21(25)26)17-12-8-7-9-13-17/h17-19H,2-16H2,1H3,(H,23,24)(H,25,26). The van der Waals surface area contributed by atoms with E-state index in [2.05, 4.69) is 6.92 Å². The molecule has 2 aliphatic rings. The fraction of sp³-hybridized carbons (Fsp3) is 0.909. The molecule has 0 aromatic carbocycles. The highest BCUT2D eigenvalue weighted by molar-refractivity contribution is 5.78. The summed E-state index contributed by atoms with van der Waals surface area (Å²) in [5.74, 6) is -1.99. The van der Waals surface area contributed by atoms with Crippen LogP contribution in [0.15, 0.2) is 0 Å². The Labute approximate surface area is 158 Å². The molecular weight excluding hydrogens is 328 g/mol. The molecule has 4 nitrogen and oxygen atoms in total. The predicted molar refractivity (Wildman–Crippen MR) is 103 cm³/mol. The lowest BCUT2D eigenvalue weighted by atomic mass is 9.52. The van der Waals surface area contributed by atoms with E-state index >= 15 is 0 Å².